The summed E-state index contributed by atoms with van der Waals surface area (Å²) in [6, 6.07) is 2.07. The molecule has 0 aromatic carbocycles. The van der Waals surface area contributed by atoms with E-state index in [0.717, 1.165) is 24.8 Å². The van der Waals surface area contributed by atoms with Crippen molar-refractivity contribution in [3.05, 3.63) is 23.3 Å². The van der Waals surface area contributed by atoms with Crippen LogP contribution in [-0.4, -0.2) is 29.2 Å². The second-order valence-electron chi connectivity index (χ2n) is 15.1. The number of carbonyl (C=O) groups is 3. The number of hydrogen-bond acceptors (Lipinski definition) is 4. The predicted molar refractivity (Wildman–Crippen MR) is 159 cm³/mol. The van der Waals surface area contributed by atoms with Crippen molar-refractivity contribution >= 4 is 17.5 Å². The number of nitrogens with zero attached hydrogens (tertiary/aromatic N) is 1. The van der Waals surface area contributed by atoms with E-state index in [2.05, 4.69) is 52.9 Å². The molecule has 8 heteroatoms. The summed E-state index contributed by atoms with van der Waals surface area (Å²) >= 11 is 0. The van der Waals surface area contributed by atoms with Crippen LogP contribution in [0.5, 0.6) is 0 Å². The van der Waals surface area contributed by atoms with E-state index in [1.807, 2.05) is 20.8 Å². The summed E-state index contributed by atoms with van der Waals surface area (Å²) in [5.41, 5.74) is -1.49. The van der Waals surface area contributed by atoms with Gasteiger partial charge in [-0.3, -0.25) is 14.4 Å². The average Bonchev–Trinajstić information content (AvgIpc) is 2.85. The van der Waals surface area contributed by atoms with Crippen LogP contribution in [0.15, 0.2) is 23.3 Å². The van der Waals surface area contributed by atoms with Gasteiger partial charge in [0.25, 0.3) is 0 Å². The first-order valence-corrected chi connectivity index (χ1v) is 15.2. The number of allylic oxidation sites excluding steroid dienone is 4. The van der Waals surface area contributed by atoms with Gasteiger partial charge >= 0.3 is 6.18 Å². The highest BCUT2D eigenvalue weighted by atomic mass is 19.4. The van der Waals surface area contributed by atoms with E-state index in [1.54, 1.807) is 12.2 Å². The van der Waals surface area contributed by atoms with E-state index in [-0.39, 0.29) is 34.4 Å². The van der Waals surface area contributed by atoms with E-state index in [9.17, 15) is 32.8 Å². The lowest BCUT2D eigenvalue weighted by molar-refractivity contribution is -0.155. The lowest BCUT2D eigenvalue weighted by atomic mass is 9.44. The van der Waals surface area contributed by atoms with E-state index in [1.165, 1.54) is 6.92 Å². The number of carbonyl (C=O) groups excluding carboxylic acids is 3. The zero-order chi connectivity index (χ0) is 32.5. The van der Waals surface area contributed by atoms with Crippen LogP contribution in [0.1, 0.15) is 121 Å². The molecule has 0 unspecified atom stereocenters. The summed E-state index contributed by atoms with van der Waals surface area (Å²) in [6.07, 6.45) is 2.00. The molecule has 0 aliphatic heterocycles. The van der Waals surface area contributed by atoms with Crippen LogP contribution in [-0.2, 0) is 14.4 Å². The van der Waals surface area contributed by atoms with Gasteiger partial charge in [-0.05, 0) is 80.6 Å². The van der Waals surface area contributed by atoms with Gasteiger partial charge in [-0.15, -0.1) is 0 Å². The summed E-state index contributed by atoms with van der Waals surface area (Å²) in [5.74, 6) is -1.71. The molecule has 5 nitrogen and oxygen atoms in total. The molecule has 2 rings (SSSR count). The maximum Gasteiger partial charge on any atom is 0.397 e. The minimum absolute atomic E-state index is 0.0260. The first-order chi connectivity index (χ1) is 19.0. The molecule has 1 fully saturated rings. The van der Waals surface area contributed by atoms with Crippen LogP contribution in [0.2, 0.25) is 0 Å². The second-order valence-corrected chi connectivity index (χ2v) is 15.1. The molecule has 0 aromatic heterocycles. The van der Waals surface area contributed by atoms with Crippen molar-refractivity contribution in [2.75, 3.05) is 0 Å². The van der Waals surface area contributed by atoms with Crippen molar-refractivity contribution in [3.63, 3.8) is 0 Å². The third-order valence-corrected chi connectivity index (χ3v) is 11.0. The molecular formula is C34H51F3N2O3. The van der Waals surface area contributed by atoms with Crippen LogP contribution in [0.25, 0.3) is 0 Å². The van der Waals surface area contributed by atoms with Crippen molar-refractivity contribution in [1.82, 2.24) is 5.32 Å². The number of halogens is 3. The van der Waals surface area contributed by atoms with Crippen molar-refractivity contribution < 1.29 is 27.6 Å². The molecule has 236 valence electrons. The third kappa shape index (κ3) is 7.74. The molecular weight excluding hydrogens is 541 g/mol. The Bertz CT molecular complexity index is 1180. The Hall–Kier alpha value is -2.43. The maximum atomic E-state index is 13.1. The summed E-state index contributed by atoms with van der Waals surface area (Å²) in [4.78, 5) is 38.0. The summed E-state index contributed by atoms with van der Waals surface area (Å²) < 4.78 is 39.2. The monoisotopic (exact) mass is 592 g/mol. The normalized spacial score (nSPS) is 29.3. The van der Waals surface area contributed by atoms with Crippen LogP contribution in [0.3, 0.4) is 0 Å². The fourth-order valence-electron chi connectivity index (χ4n) is 7.20. The van der Waals surface area contributed by atoms with Gasteiger partial charge < -0.3 is 5.32 Å². The maximum absolute atomic E-state index is 13.1. The molecule has 2 aliphatic carbocycles. The SMILES string of the molecule is CCC(C)(C)CC[C@@](C)(CCC(C)(C)[C@]1(C)CC[C@H]2[C@H](C)C(=O)C(C#N)=C[C@]2(C)/C1=C/C(C)=O)NC(=O)CC(F)(F)F. The molecule has 1 N–H and O–H groups in total. The molecule has 0 radical (unpaired) electrons. The second kappa shape index (κ2) is 12.3. The van der Waals surface area contributed by atoms with Crippen LogP contribution < -0.4 is 5.32 Å². The van der Waals surface area contributed by atoms with Gasteiger partial charge in [0.1, 0.15) is 12.5 Å². The van der Waals surface area contributed by atoms with Crippen LogP contribution in [0, 0.1) is 44.8 Å². The largest absolute Gasteiger partial charge is 0.397 e. The highest BCUT2D eigenvalue weighted by Gasteiger charge is 2.58. The fraction of sp³-hybridized carbons (Fsp3) is 0.765. The molecule has 2 aliphatic rings. The summed E-state index contributed by atoms with van der Waals surface area (Å²) in [7, 11) is 0. The first kappa shape index (κ1) is 35.8. The molecule has 0 spiro atoms. The summed E-state index contributed by atoms with van der Waals surface area (Å²) in [6.45, 7) is 19.9. The van der Waals surface area contributed by atoms with Gasteiger partial charge in [0.15, 0.2) is 11.6 Å². The zero-order valence-corrected chi connectivity index (χ0v) is 27.3. The standard InChI is InChI=1S/C34H51F3N2O3/c1-11-29(4,5)14-16-31(8,39-27(41)20-34(35,36)37)17-15-30(6,7)33(10)13-12-25-23(3)28(42)24(21-38)19-32(25,9)26(33)18-22(2)40/h18-19,23,25H,11-17,20H2,1-10H3,(H,39,41)/b26-18-/t23-,25-,31-,32-,33+/m0/s1. The van der Waals surface area contributed by atoms with Gasteiger partial charge in [-0.2, -0.15) is 18.4 Å². The quantitative estimate of drug-likeness (QED) is 0.244. The molecule has 5 atom stereocenters. The Morgan fingerprint density at radius 2 is 1.67 bits per heavy atom. The van der Waals surface area contributed by atoms with E-state index < -0.39 is 40.3 Å². The molecule has 1 amide bonds. The van der Waals surface area contributed by atoms with Gasteiger partial charge in [-0.1, -0.05) is 73.5 Å². The van der Waals surface area contributed by atoms with E-state index in [0.29, 0.717) is 25.7 Å². The number of amides is 1. The molecule has 0 heterocycles. The van der Waals surface area contributed by atoms with Crippen molar-refractivity contribution in [1.29, 1.82) is 5.26 Å². The Morgan fingerprint density at radius 3 is 2.17 bits per heavy atom. The van der Waals surface area contributed by atoms with E-state index >= 15 is 0 Å². The Morgan fingerprint density at radius 1 is 1.10 bits per heavy atom. The predicted octanol–water partition coefficient (Wildman–Crippen LogP) is 8.44. The van der Waals surface area contributed by atoms with Gasteiger partial charge in [0, 0.05) is 16.9 Å². The topological polar surface area (TPSA) is 87.0 Å². The number of nitrogens with one attached hydrogen (secondary N) is 1. The van der Waals surface area contributed by atoms with Crippen LogP contribution >= 0.6 is 0 Å². The highest BCUT2D eigenvalue weighted by Crippen LogP contribution is 2.65. The van der Waals surface area contributed by atoms with Gasteiger partial charge in [0.05, 0.1) is 5.57 Å². The van der Waals surface area contributed by atoms with Gasteiger partial charge in [-0.25, -0.2) is 0 Å². The number of ketones is 2. The lowest BCUT2D eigenvalue weighted by Gasteiger charge is -2.59. The minimum atomic E-state index is -4.59. The number of alkyl halides is 3. The molecule has 0 saturated heterocycles. The van der Waals surface area contributed by atoms with E-state index in [4.69, 9.17) is 0 Å². The number of nitriles is 1. The average molecular weight is 593 g/mol. The Kier molecular flexibility index (Phi) is 10.5. The van der Waals surface area contributed by atoms with Crippen molar-refractivity contribution in [3.8, 4) is 6.07 Å². The summed E-state index contributed by atoms with van der Waals surface area (Å²) in [5, 5.41) is 12.5. The number of rotatable bonds is 11. The van der Waals surface area contributed by atoms with Crippen molar-refractivity contribution in [2.45, 2.75) is 132 Å². The zero-order valence-electron chi connectivity index (χ0n) is 27.3. The van der Waals surface area contributed by atoms with Gasteiger partial charge in [0.2, 0.25) is 5.91 Å². The number of hydrogen-bond donors (Lipinski definition) is 1. The first-order valence-electron chi connectivity index (χ1n) is 15.2. The molecule has 0 bridgehead atoms. The number of Topliss-reactive ketones (excluding diaryl/α,β-unsaturated/α-hetero) is 1. The smallest absolute Gasteiger partial charge is 0.351 e. The highest BCUT2D eigenvalue weighted by molar-refractivity contribution is 6.02. The van der Waals surface area contributed by atoms with Crippen molar-refractivity contribution in [2.24, 2.45) is 33.5 Å². The Balaban J connectivity index is 2.51. The fourth-order valence-corrected chi connectivity index (χ4v) is 7.20. The molecule has 1 saturated carbocycles. The minimum Gasteiger partial charge on any atom is -0.351 e. The lowest BCUT2D eigenvalue weighted by Crippen LogP contribution is -2.53. The Labute approximate surface area is 250 Å². The molecule has 42 heavy (non-hydrogen) atoms. The third-order valence-electron chi connectivity index (χ3n) is 11.0. The number of fused-ring (bicyclic) bond motifs is 1. The van der Waals surface area contributed by atoms with Crippen LogP contribution in [0.4, 0.5) is 13.2 Å². The molecule has 0 aromatic rings.